The summed E-state index contributed by atoms with van der Waals surface area (Å²) in [7, 11) is 1.96. The van der Waals surface area contributed by atoms with E-state index in [4.69, 9.17) is 16.3 Å². The van der Waals surface area contributed by atoms with Crippen molar-refractivity contribution < 1.29 is 4.74 Å². The van der Waals surface area contributed by atoms with E-state index in [9.17, 15) is 0 Å². The molecule has 0 amide bonds. The lowest BCUT2D eigenvalue weighted by molar-refractivity contribution is 0.314. The molecule has 3 nitrogen and oxygen atoms in total. The lowest BCUT2D eigenvalue weighted by Crippen LogP contribution is -2.24. The van der Waals surface area contributed by atoms with Crippen molar-refractivity contribution in [3.8, 4) is 5.75 Å². The van der Waals surface area contributed by atoms with E-state index in [0.717, 1.165) is 31.8 Å². The molecule has 0 atom stereocenters. The molecule has 0 spiro atoms. The van der Waals surface area contributed by atoms with Crippen molar-refractivity contribution in [3.05, 3.63) is 29.3 Å². The van der Waals surface area contributed by atoms with Gasteiger partial charge in [0.25, 0.3) is 0 Å². The van der Waals surface area contributed by atoms with Crippen LogP contribution in [0.4, 0.5) is 0 Å². The summed E-state index contributed by atoms with van der Waals surface area (Å²) in [6.45, 7) is 3.58. The van der Waals surface area contributed by atoms with Gasteiger partial charge in [-0.3, -0.25) is 0 Å². The van der Waals surface area contributed by atoms with E-state index >= 15 is 0 Å². The zero-order valence-electron chi connectivity index (χ0n) is 9.63. The second-order valence-corrected chi connectivity index (χ2v) is 3.95. The van der Waals surface area contributed by atoms with Gasteiger partial charge < -0.3 is 15.4 Å². The number of halogens is 1. The Morgan fingerprint density at radius 2 is 2.12 bits per heavy atom. The highest BCUT2D eigenvalue weighted by atomic mass is 35.5. The highest BCUT2D eigenvalue weighted by molar-refractivity contribution is 6.30. The molecule has 0 aliphatic carbocycles. The van der Waals surface area contributed by atoms with E-state index in [0.29, 0.717) is 11.6 Å². The minimum atomic E-state index is 0.667. The fourth-order valence-corrected chi connectivity index (χ4v) is 1.49. The molecule has 0 saturated heterocycles. The molecule has 0 aromatic heterocycles. The van der Waals surface area contributed by atoms with Gasteiger partial charge in [-0.1, -0.05) is 17.7 Å². The van der Waals surface area contributed by atoms with E-state index in [2.05, 4.69) is 10.6 Å². The average Bonchev–Trinajstić information content (AvgIpc) is 2.28. The van der Waals surface area contributed by atoms with Gasteiger partial charge in [0.1, 0.15) is 12.4 Å². The van der Waals surface area contributed by atoms with E-state index in [1.54, 1.807) is 0 Å². The summed E-state index contributed by atoms with van der Waals surface area (Å²) in [5.74, 6) is 0.824. The molecule has 0 saturated carbocycles. The van der Waals surface area contributed by atoms with Crippen LogP contribution in [0.1, 0.15) is 6.42 Å². The van der Waals surface area contributed by atoms with Gasteiger partial charge in [0.05, 0.1) is 0 Å². The molecule has 0 heterocycles. The largest absolute Gasteiger partial charge is 0.492 e. The second-order valence-electron chi connectivity index (χ2n) is 3.51. The Kier molecular flexibility index (Phi) is 6.97. The molecule has 0 fully saturated rings. The first-order chi connectivity index (χ1) is 7.83. The Bertz CT molecular complexity index is 294. The van der Waals surface area contributed by atoms with Crippen LogP contribution in [0.5, 0.6) is 5.75 Å². The number of benzene rings is 1. The summed E-state index contributed by atoms with van der Waals surface area (Å²) in [5.41, 5.74) is 0. The number of hydrogen-bond donors (Lipinski definition) is 2. The standard InChI is InChI=1S/C12H19ClN2O/c1-14-6-3-7-15-8-9-16-12-5-2-4-11(13)10-12/h2,4-5,10,14-15H,3,6-9H2,1H3. The van der Waals surface area contributed by atoms with Gasteiger partial charge in [-0.05, 0) is 44.8 Å². The molecule has 0 aliphatic heterocycles. The van der Waals surface area contributed by atoms with Gasteiger partial charge in [0, 0.05) is 11.6 Å². The van der Waals surface area contributed by atoms with Crippen molar-refractivity contribution in [1.82, 2.24) is 10.6 Å². The summed E-state index contributed by atoms with van der Waals surface area (Å²) < 4.78 is 5.53. The minimum Gasteiger partial charge on any atom is -0.492 e. The molecule has 0 unspecified atom stereocenters. The monoisotopic (exact) mass is 242 g/mol. The summed E-state index contributed by atoms with van der Waals surface area (Å²) in [6, 6.07) is 7.46. The van der Waals surface area contributed by atoms with Crippen LogP contribution in [0.25, 0.3) is 0 Å². The van der Waals surface area contributed by atoms with Gasteiger partial charge >= 0.3 is 0 Å². The van der Waals surface area contributed by atoms with Crippen LogP contribution < -0.4 is 15.4 Å². The van der Waals surface area contributed by atoms with Crippen LogP contribution in [-0.2, 0) is 0 Å². The molecule has 4 heteroatoms. The van der Waals surface area contributed by atoms with E-state index in [-0.39, 0.29) is 0 Å². The fraction of sp³-hybridized carbons (Fsp3) is 0.500. The molecule has 0 aliphatic rings. The molecular formula is C12H19ClN2O. The first kappa shape index (κ1) is 13.3. The lowest BCUT2D eigenvalue weighted by Gasteiger charge is -2.07. The molecule has 90 valence electrons. The number of nitrogens with one attached hydrogen (secondary N) is 2. The normalized spacial score (nSPS) is 10.4. The van der Waals surface area contributed by atoms with Crippen molar-refractivity contribution >= 4 is 11.6 Å². The van der Waals surface area contributed by atoms with Crippen molar-refractivity contribution in [2.24, 2.45) is 0 Å². The number of hydrogen-bond acceptors (Lipinski definition) is 3. The first-order valence-corrected chi connectivity index (χ1v) is 5.94. The number of ether oxygens (including phenoxy) is 1. The van der Waals surface area contributed by atoms with Gasteiger partial charge in [0.2, 0.25) is 0 Å². The summed E-state index contributed by atoms with van der Waals surface area (Å²) in [4.78, 5) is 0. The van der Waals surface area contributed by atoms with Crippen molar-refractivity contribution in [2.45, 2.75) is 6.42 Å². The zero-order valence-corrected chi connectivity index (χ0v) is 10.4. The first-order valence-electron chi connectivity index (χ1n) is 5.56. The third kappa shape index (κ3) is 5.95. The van der Waals surface area contributed by atoms with Crippen LogP contribution in [0.3, 0.4) is 0 Å². The summed E-state index contributed by atoms with van der Waals surface area (Å²) >= 11 is 5.84. The van der Waals surface area contributed by atoms with Crippen LogP contribution in [0.15, 0.2) is 24.3 Å². The Morgan fingerprint density at radius 3 is 2.88 bits per heavy atom. The molecule has 0 radical (unpaired) electrons. The Labute approximate surface area is 102 Å². The highest BCUT2D eigenvalue weighted by Crippen LogP contribution is 2.16. The van der Waals surface area contributed by atoms with E-state index < -0.39 is 0 Å². The third-order valence-electron chi connectivity index (χ3n) is 2.12. The molecule has 1 aromatic carbocycles. The average molecular weight is 243 g/mol. The highest BCUT2D eigenvalue weighted by Gasteiger charge is 1.94. The Balaban J connectivity index is 2.03. The van der Waals surface area contributed by atoms with Crippen LogP contribution in [-0.4, -0.2) is 33.3 Å². The Morgan fingerprint density at radius 1 is 1.25 bits per heavy atom. The molecular weight excluding hydrogens is 224 g/mol. The Hall–Kier alpha value is -0.770. The predicted octanol–water partition coefficient (Wildman–Crippen LogP) is 1.92. The maximum atomic E-state index is 5.84. The second kappa shape index (κ2) is 8.39. The number of rotatable bonds is 8. The van der Waals surface area contributed by atoms with E-state index in [1.165, 1.54) is 0 Å². The van der Waals surface area contributed by atoms with Crippen molar-refractivity contribution in [2.75, 3.05) is 33.3 Å². The minimum absolute atomic E-state index is 0.667. The van der Waals surface area contributed by atoms with Gasteiger partial charge in [-0.2, -0.15) is 0 Å². The predicted molar refractivity (Wildman–Crippen MR) is 68.4 cm³/mol. The van der Waals surface area contributed by atoms with Crippen molar-refractivity contribution in [1.29, 1.82) is 0 Å². The fourth-order valence-electron chi connectivity index (χ4n) is 1.31. The maximum absolute atomic E-state index is 5.84. The quantitative estimate of drug-likeness (QED) is 0.684. The smallest absolute Gasteiger partial charge is 0.120 e. The van der Waals surface area contributed by atoms with Crippen LogP contribution in [0.2, 0.25) is 5.02 Å². The van der Waals surface area contributed by atoms with Gasteiger partial charge in [-0.15, -0.1) is 0 Å². The molecule has 0 bridgehead atoms. The summed E-state index contributed by atoms with van der Waals surface area (Å²) in [6.07, 6.45) is 1.13. The molecule has 1 aromatic rings. The summed E-state index contributed by atoms with van der Waals surface area (Å²) in [5, 5.41) is 7.12. The molecule has 1 rings (SSSR count). The zero-order chi connectivity index (χ0) is 11.6. The van der Waals surface area contributed by atoms with E-state index in [1.807, 2.05) is 31.3 Å². The lowest BCUT2D eigenvalue weighted by atomic mass is 10.3. The SMILES string of the molecule is CNCCCNCCOc1cccc(Cl)c1. The maximum Gasteiger partial charge on any atom is 0.120 e. The third-order valence-corrected chi connectivity index (χ3v) is 2.36. The van der Waals surface area contributed by atoms with Gasteiger partial charge in [-0.25, -0.2) is 0 Å². The molecule has 16 heavy (non-hydrogen) atoms. The topological polar surface area (TPSA) is 33.3 Å². The van der Waals surface area contributed by atoms with Gasteiger partial charge in [0.15, 0.2) is 0 Å². The van der Waals surface area contributed by atoms with Crippen LogP contribution >= 0.6 is 11.6 Å². The van der Waals surface area contributed by atoms with Crippen LogP contribution in [0, 0.1) is 0 Å². The van der Waals surface area contributed by atoms with Crippen molar-refractivity contribution in [3.63, 3.8) is 0 Å². The molecule has 2 N–H and O–H groups in total.